The third-order valence-electron chi connectivity index (χ3n) is 6.74. The van der Waals surface area contributed by atoms with Gasteiger partial charge in [0.1, 0.15) is 11.8 Å². The number of fused-ring (bicyclic) bond motifs is 2. The van der Waals surface area contributed by atoms with Gasteiger partial charge in [-0.05, 0) is 39.0 Å². The normalized spacial score (nSPS) is 16.1. The summed E-state index contributed by atoms with van der Waals surface area (Å²) in [5.41, 5.74) is 1.03. The molecular weight excluding hydrogens is 524 g/mol. The van der Waals surface area contributed by atoms with Crippen molar-refractivity contribution in [3.8, 4) is 17.2 Å². The number of carbonyl (C=O) groups is 1. The fourth-order valence-corrected chi connectivity index (χ4v) is 5.86. The number of para-hydroxylation sites is 1. The van der Waals surface area contributed by atoms with E-state index in [1.807, 2.05) is 32.0 Å². The average molecular weight is 551 g/mol. The SMILES string of the molecule is CCN(CC)C(=O)C1=C(C)N=c2s/c(=C/c3cc4c(cc3[N+](=O)[O-])OCO4)c(=O)n2[C@@H]1c1ccccc1OC. The Hall–Kier alpha value is -4.45. The van der Waals surface area contributed by atoms with Gasteiger partial charge in [0.25, 0.3) is 17.2 Å². The Morgan fingerprint density at radius 1 is 1.26 bits per heavy atom. The average Bonchev–Trinajstić information content (AvgIpc) is 3.51. The van der Waals surface area contributed by atoms with Gasteiger partial charge in [-0.15, -0.1) is 0 Å². The molecule has 1 aromatic heterocycles. The Bertz CT molecular complexity index is 1700. The molecule has 0 radical (unpaired) electrons. The van der Waals surface area contributed by atoms with Gasteiger partial charge in [0.05, 0.1) is 39.5 Å². The molecule has 0 N–H and O–H groups in total. The van der Waals surface area contributed by atoms with Crippen LogP contribution in [0.5, 0.6) is 17.2 Å². The number of hydrogen-bond acceptors (Lipinski definition) is 9. The molecule has 11 nitrogen and oxygen atoms in total. The lowest BCUT2D eigenvalue weighted by molar-refractivity contribution is -0.385. The third-order valence-corrected chi connectivity index (χ3v) is 7.72. The smallest absolute Gasteiger partial charge is 0.280 e. The second kappa shape index (κ2) is 10.4. The lowest BCUT2D eigenvalue weighted by Gasteiger charge is -2.29. The highest BCUT2D eigenvalue weighted by atomic mass is 32.1. The molecule has 3 aromatic rings. The molecule has 2 aliphatic rings. The molecule has 0 fully saturated rings. The van der Waals surface area contributed by atoms with E-state index in [2.05, 4.69) is 4.99 Å². The molecule has 2 aliphatic heterocycles. The minimum absolute atomic E-state index is 0.0420. The zero-order chi connectivity index (χ0) is 27.8. The molecule has 1 atom stereocenters. The van der Waals surface area contributed by atoms with Crippen LogP contribution in [0.25, 0.3) is 6.08 Å². The van der Waals surface area contributed by atoms with E-state index in [0.29, 0.717) is 46.2 Å². The van der Waals surface area contributed by atoms with Gasteiger partial charge in [0.15, 0.2) is 16.3 Å². The van der Waals surface area contributed by atoms with Crippen molar-refractivity contribution in [3.63, 3.8) is 0 Å². The van der Waals surface area contributed by atoms with E-state index in [1.165, 1.54) is 29.9 Å². The molecule has 0 aliphatic carbocycles. The predicted octanol–water partition coefficient (Wildman–Crippen LogP) is 2.75. The summed E-state index contributed by atoms with van der Waals surface area (Å²) in [4.78, 5) is 45.7. The Morgan fingerprint density at radius 3 is 2.62 bits per heavy atom. The monoisotopic (exact) mass is 550 g/mol. The first-order valence-electron chi connectivity index (χ1n) is 12.3. The number of allylic oxidation sites excluding steroid dienone is 1. The van der Waals surface area contributed by atoms with E-state index in [0.717, 1.165) is 11.3 Å². The topological polar surface area (TPSA) is 126 Å². The quantitative estimate of drug-likeness (QED) is 0.327. The van der Waals surface area contributed by atoms with Crippen molar-refractivity contribution in [2.75, 3.05) is 27.0 Å². The summed E-state index contributed by atoms with van der Waals surface area (Å²) in [5, 5.41) is 11.8. The van der Waals surface area contributed by atoms with E-state index in [4.69, 9.17) is 14.2 Å². The number of amides is 1. The number of methoxy groups -OCH3 is 1. The molecule has 0 unspecified atom stereocenters. The van der Waals surface area contributed by atoms with Gasteiger partial charge < -0.3 is 19.1 Å². The Kier molecular flexibility index (Phi) is 6.96. The minimum Gasteiger partial charge on any atom is -0.496 e. The molecule has 3 heterocycles. The zero-order valence-electron chi connectivity index (χ0n) is 21.8. The van der Waals surface area contributed by atoms with Crippen molar-refractivity contribution >= 4 is 29.0 Å². The fraction of sp³-hybridized carbons (Fsp3) is 0.296. The van der Waals surface area contributed by atoms with Crippen LogP contribution in [0.1, 0.15) is 37.9 Å². The number of thiazole rings is 1. The standard InChI is InChI=1S/C27H26N4O7S/c1-5-29(6-2)26(33)23-15(3)28-27-30(24(23)17-9-7-8-10-19(17)36-4)25(32)22(39-27)12-16-11-20-21(38-14-37-20)13-18(16)31(34)35/h7-13,24H,5-6,14H2,1-4H3/b22-12+/t24-/m1/s1. The van der Waals surface area contributed by atoms with Gasteiger partial charge in [-0.2, -0.15) is 0 Å². The van der Waals surface area contributed by atoms with Crippen LogP contribution in [0.2, 0.25) is 0 Å². The molecule has 0 saturated carbocycles. The molecular formula is C27H26N4O7S. The molecule has 39 heavy (non-hydrogen) atoms. The highest BCUT2D eigenvalue weighted by Crippen LogP contribution is 2.39. The molecule has 0 spiro atoms. The van der Waals surface area contributed by atoms with Crippen LogP contribution in [0.15, 0.2) is 57.5 Å². The van der Waals surface area contributed by atoms with Crippen molar-refractivity contribution in [1.29, 1.82) is 0 Å². The van der Waals surface area contributed by atoms with Crippen molar-refractivity contribution in [2.24, 2.45) is 4.99 Å². The predicted molar refractivity (Wildman–Crippen MR) is 144 cm³/mol. The van der Waals surface area contributed by atoms with Gasteiger partial charge >= 0.3 is 0 Å². The Morgan fingerprint density at radius 2 is 1.95 bits per heavy atom. The largest absolute Gasteiger partial charge is 0.496 e. The summed E-state index contributed by atoms with van der Waals surface area (Å²) in [5.74, 6) is 0.919. The maximum atomic E-state index is 14.0. The van der Waals surface area contributed by atoms with Crippen molar-refractivity contribution in [1.82, 2.24) is 9.47 Å². The van der Waals surface area contributed by atoms with E-state index in [1.54, 1.807) is 17.9 Å². The fourth-order valence-electron chi connectivity index (χ4n) is 4.82. The molecule has 202 valence electrons. The first-order chi connectivity index (χ1) is 18.8. The number of nitro benzene ring substituents is 1. The van der Waals surface area contributed by atoms with E-state index in [-0.39, 0.29) is 34.2 Å². The number of nitrogens with zero attached hydrogens (tertiary/aromatic N) is 4. The number of benzene rings is 2. The lowest BCUT2D eigenvalue weighted by atomic mass is 9.94. The zero-order valence-corrected chi connectivity index (χ0v) is 22.6. The van der Waals surface area contributed by atoms with Crippen LogP contribution in [0.4, 0.5) is 5.69 Å². The highest BCUT2D eigenvalue weighted by molar-refractivity contribution is 7.07. The summed E-state index contributed by atoms with van der Waals surface area (Å²) in [6, 6.07) is 9.18. The molecule has 1 amide bonds. The maximum absolute atomic E-state index is 14.0. The van der Waals surface area contributed by atoms with Crippen LogP contribution in [0.3, 0.4) is 0 Å². The van der Waals surface area contributed by atoms with Crippen LogP contribution >= 0.6 is 11.3 Å². The number of hydrogen-bond donors (Lipinski definition) is 0. The number of nitro groups is 1. The van der Waals surface area contributed by atoms with Crippen molar-refractivity contribution in [3.05, 3.63) is 88.6 Å². The van der Waals surface area contributed by atoms with Crippen LogP contribution in [-0.4, -0.2) is 47.3 Å². The molecule has 12 heteroatoms. The summed E-state index contributed by atoms with van der Waals surface area (Å²) >= 11 is 1.09. The van der Waals surface area contributed by atoms with Gasteiger partial charge in [0, 0.05) is 18.7 Å². The molecule has 0 bridgehead atoms. The van der Waals surface area contributed by atoms with Gasteiger partial charge in [-0.1, -0.05) is 29.5 Å². The number of rotatable bonds is 7. The summed E-state index contributed by atoms with van der Waals surface area (Å²) in [6.45, 7) is 6.47. The molecule has 0 saturated heterocycles. The summed E-state index contributed by atoms with van der Waals surface area (Å²) in [7, 11) is 1.53. The Labute approximate surface area is 227 Å². The van der Waals surface area contributed by atoms with Crippen LogP contribution < -0.4 is 29.1 Å². The maximum Gasteiger partial charge on any atom is 0.280 e. The van der Waals surface area contributed by atoms with Crippen molar-refractivity contribution < 1.29 is 23.9 Å². The lowest BCUT2D eigenvalue weighted by Crippen LogP contribution is -2.43. The number of ether oxygens (including phenoxy) is 3. The number of carbonyl (C=O) groups excluding carboxylic acids is 1. The first kappa shape index (κ1) is 26.2. The van der Waals surface area contributed by atoms with E-state index < -0.39 is 16.5 Å². The van der Waals surface area contributed by atoms with Gasteiger partial charge in [0.2, 0.25) is 6.79 Å². The van der Waals surface area contributed by atoms with Gasteiger partial charge in [-0.25, -0.2) is 4.99 Å². The van der Waals surface area contributed by atoms with Crippen molar-refractivity contribution in [2.45, 2.75) is 26.8 Å². The second-order valence-electron chi connectivity index (χ2n) is 8.82. The van der Waals surface area contributed by atoms with Gasteiger partial charge in [-0.3, -0.25) is 24.3 Å². The molecule has 2 aromatic carbocycles. The summed E-state index contributed by atoms with van der Waals surface area (Å²) < 4.78 is 18.0. The number of aromatic nitrogens is 1. The summed E-state index contributed by atoms with van der Waals surface area (Å²) in [6.07, 6.45) is 1.45. The number of likely N-dealkylation sites (N-methyl/N-ethyl adjacent to an activating group) is 1. The molecule has 5 rings (SSSR count). The first-order valence-corrected chi connectivity index (χ1v) is 13.1. The van der Waals surface area contributed by atoms with E-state index >= 15 is 0 Å². The van der Waals surface area contributed by atoms with Crippen LogP contribution in [-0.2, 0) is 4.79 Å². The van der Waals surface area contributed by atoms with E-state index in [9.17, 15) is 19.7 Å². The minimum atomic E-state index is -0.806. The highest BCUT2D eigenvalue weighted by Gasteiger charge is 2.35. The third kappa shape index (κ3) is 4.46. The van der Waals surface area contributed by atoms with Crippen LogP contribution in [0, 0.1) is 10.1 Å². The Balaban J connectivity index is 1.77. The second-order valence-corrected chi connectivity index (χ2v) is 9.83.